The molecule has 0 aliphatic heterocycles. The topological polar surface area (TPSA) is 57.0 Å². The van der Waals surface area contributed by atoms with Gasteiger partial charge in [-0.25, -0.2) is 0 Å². The van der Waals surface area contributed by atoms with Crippen molar-refractivity contribution in [1.29, 1.82) is 0 Å². The van der Waals surface area contributed by atoms with Crippen LogP contribution in [0.1, 0.15) is 5.69 Å². The number of nitrogens with zero attached hydrogens (tertiary/aromatic N) is 3. The van der Waals surface area contributed by atoms with Crippen molar-refractivity contribution >= 4 is 10.9 Å². The average molecular weight is 246 g/mol. The molecule has 0 aliphatic rings. The molecule has 0 radical (unpaired) electrons. The van der Waals surface area contributed by atoms with Crippen LogP contribution in [0.25, 0.3) is 10.9 Å². The van der Waals surface area contributed by atoms with Gasteiger partial charge in [-0.15, -0.1) is 0 Å². The molecule has 0 N–H and O–H groups in total. The van der Waals surface area contributed by atoms with Gasteiger partial charge < -0.3 is 15.0 Å². The molecule has 2 heterocycles. The van der Waals surface area contributed by atoms with Crippen molar-refractivity contribution in [3.8, 4) is 0 Å². The Labute approximate surface area is 124 Å². The summed E-state index contributed by atoms with van der Waals surface area (Å²) in [6, 6.07) is 3.65. The van der Waals surface area contributed by atoms with Crippen LogP contribution in [0.5, 0.6) is 0 Å². The predicted molar refractivity (Wildman–Crippen MR) is 43.9 cm³/mol. The van der Waals surface area contributed by atoms with Crippen LogP contribution in [0, 0.1) is 6.92 Å². The summed E-state index contributed by atoms with van der Waals surface area (Å²) in [7, 11) is 0. The molecule has 2 aromatic heterocycles. The standard InChI is InChI=1S/C8H7N3O.Rb/c1-5-2-3-6-4-9-11-8(12)7(6)10-5;/h2-4H,1H3,(H,11,12);/q;+1/p-1. The predicted octanol–water partition coefficient (Wildman–Crippen LogP) is -2.74. The van der Waals surface area contributed by atoms with E-state index in [2.05, 4.69) is 15.2 Å². The van der Waals surface area contributed by atoms with Crippen LogP contribution in [-0.4, -0.2) is 10.1 Å². The molecule has 5 heteroatoms. The van der Waals surface area contributed by atoms with E-state index in [0.29, 0.717) is 5.52 Å². The first kappa shape index (κ1) is 11.2. The first-order chi connectivity index (χ1) is 5.77. The zero-order valence-electron chi connectivity index (χ0n) is 7.48. The van der Waals surface area contributed by atoms with Crippen LogP contribution in [0.4, 0.5) is 0 Å². The summed E-state index contributed by atoms with van der Waals surface area (Å²) in [5.74, 6) is 0. The Morgan fingerprint density at radius 3 is 2.92 bits per heavy atom. The quantitative estimate of drug-likeness (QED) is 0.505. The van der Waals surface area contributed by atoms with Crippen molar-refractivity contribution in [2.24, 2.45) is 0 Å². The van der Waals surface area contributed by atoms with Gasteiger partial charge in [0.05, 0.1) is 5.52 Å². The van der Waals surface area contributed by atoms with Crippen molar-refractivity contribution in [3.63, 3.8) is 0 Å². The minimum absolute atomic E-state index is 0. The van der Waals surface area contributed by atoms with E-state index in [9.17, 15) is 4.79 Å². The number of fused-ring (bicyclic) bond motifs is 1. The molecule has 2 rings (SSSR count). The molecule has 0 unspecified atom stereocenters. The normalized spacial score (nSPS) is 9.62. The Balaban J connectivity index is 0.000000845. The second-order valence-corrected chi connectivity index (χ2v) is 2.54. The zero-order chi connectivity index (χ0) is 8.55. The summed E-state index contributed by atoms with van der Waals surface area (Å²) in [5.41, 5.74) is 0.841. The molecule has 0 aromatic carbocycles. The Morgan fingerprint density at radius 2 is 2.15 bits per heavy atom. The van der Waals surface area contributed by atoms with Crippen LogP contribution >= 0.6 is 0 Å². The number of rotatable bonds is 0. The minimum atomic E-state index is -0.365. The van der Waals surface area contributed by atoms with Gasteiger partial charge in [-0.1, -0.05) is 0 Å². The smallest absolute Gasteiger partial charge is 0.539 e. The first-order valence-electron chi connectivity index (χ1n) is 3.53. The first-order valence-corrected chi connectivity index (χ1v) is 3.53. The Bertz CT molecular complexity index is 480. The van der Waals surface area contributed by atoms with E-state index in [4.69, 9.17) is 0 Å². The van der Waals surface area contributed by atoms with Crippen molar-refractivity contribution < 1.29 is 58.2 Å². The fraction of sp³-hybridized carbons (Fsp3) is 0.125. The van der Waals surface area contributed by atoms with E-state index in [0.717, 1.165) is 11.1 Å². The summed E-state index contributed by atoms with van der Waals surface area (Å²) in [6.07, 6.45) is 1.53. The van der Waals surface area contributed by atoms with E-state index >= 15 is 0 Å². The van der Waals surface area contributed by atoms with Crippen LogP contribution in [0.3, 0.4) is 0 Å². The maximum atomic E-state index is 11.1. The van der Waals surface area contributed by atoms with E-state index < -0.39 is 0 Å². The number of aryl methyl sites for hydroxylation is 1. The molecular weight excluding hydrogens is 240 g/mol. The van der Waals surface area contributed by atoms with Gasteiger partial charge >= 0.3 is 58.2 Å². The van der Waals surface area contributed by atoms with Crippen molar-refractivity contribution in [3.05, 3.63) is 34.4 Å². The molecule has 0 bridgehead atoms. The van der Waals surface area contributed by atoms with Crippen molar-refractivity contribution in [1.82, 2.24) is 15.2 Å². The Hall–Kier alpha value is 0.0952. The number of aromatic nitrogens is 3. The second kappa shape index (κ2) is 4.55. The third-order valence-corrected chi connectivity index (χ3v) is 1.61. The van der Waals surface area contributed by atoms with Gasteiger partial charge in [-0.05, 0) is 19.1 Å². The summed E-state index contributed by atoms with van der Waals surface area (Å²) in [5, 5.41) is 7.66. The number of pyridine rings is 1. The summed E-state index contributed by atoms with van der Waals surface area (Å²) in [4.78, 5) is 15.2. The minimum Gasteiger partial charge on any atom is -0.539 e. The van der Waals surface area contributed by atoms with Crippen molar-refractivity contribution in [2.75, 3.05) is 0 Å². The second-order valence-electron chi connectivity index (χ2n) is 2.54. The molecule has 0 saturated heterocycles. The summed E-state index contributed by atoms with van der Waals surface area (Å²) < 4.78 is 0. The van der Waals surface area contributed by atoms with Crippen LogP contribution < -0.4 is 68.8 Å². The fourth-order valence-electron chi connectivity index (χ4n) is 1.03. The molecule has 0 amide bonds. The average Bonchev–Trinajstić information content (AvgIpc) is 2.07. The molecule has 60 valence electrons. The Morgan fingerprint density at radius 1 is 1.38 bits per heavy atom. The van der Waals surface area contributed by atoms with E-state index in [1.54, 1.807) is 0 Å². The molecular formula is C8H6N3ORb. The van der Waals surface area contributed by atoms with Crippen molar-refractivity contribution in [2.45, 2.75) is 6.92 Å². The molecule has 0 spiro atoms. The Kier molecular flexibility index (Phi) is 3.91. The monoisotopic (exact) mass is 245 g/mol. The number of hydrogen-bond acceptors (Lipinski definition) is 3. The van der Waals surface area contributed by atoms with Crippen LogP contribution in [-0.2, 0) is 0 Å². The van der Waals surface area contributed by atoms with Gasteiger partial charge in [0.1, 0.15) is 5.56 Å². The van der Waals surface area contributed by atoms with E-state index in [-0.39, 0.29) is 63.7 Å². The SMILES string of the molecule is Cc1ccc2cn[n-]c(=O)c2n1.[Rb+]. The van der Waals surface area contributed by atoms with Gasteiger partial charge in [-0.3, -0.25) is 4.98 Å². The maximum Gasteiger partial charge on any atom is 1.00 e. The summed E-state index contributed by atoms with van der Waals surface area (Å²) >= 11 is 0. The third-order valence-electron chi connectivity index (χ3n) is 1.61. The third kappa shape index (κ3) is 2.31. The molecule has 0 fully saturated rings. The van der Waals surface area contributed by atoms with Gasteiger partial charge in [0.2, 0.25) is 0 Å². The molecule has 0 saturated carbocycles. The maximum absolute atomic E-state index is 11.1. The number of hydrogen-bond donors (Lipinski definition) is 0. The van der Waals surface area contributed by atoms with Gasteiger partial charge in [-0.2, -0.15) is 0 Å². The molecule has 2 aromatic rings. The van der Waals surface area contributed by atoms with Gasteiger partial charge in [0.15, 0.2) is 0 Å². The largest absolute Gasteiger partial charge is 1.00 e. The molecule has 0 atom stereocenters. The van der Waals surface area contributed by atoms with Crippen LogP contribution in [0.2, 0.25) is 0 Å². The molecule has 0 aliphatic carbocycles. The van der Waals surface area contributed by atoms with E-state index in [1.165, 1.54) is 6.20 Å². The molecule has 4 nitrogen and oxygen atoms in total. The molecule has 13 heavy (non-hydrogen) atoms. The zero-order valence-corrected chi connectivity index (χ0v) is 12.4. The van der Waals surface area contributed by atoms with E-state index in [1.807, 2.05) is 19.1 Å². The van der Waals surface area contributed by atoms with Crippen LogP contribution in [0.15, 0.2) is 23.1 Å². The summed E-state index contributed by atoms with van der Waals surface area (Å²) in [6.45, 7) is 1.83. The van der Waals surface area contributed by atoms with Gasteiger partial charge in [0.25, 0.3) is 0 Å². The van der Waals surface area contributed by atoms with Gasteiger partial charge in [0, 0.05) is 17.3 Å². The fourth-order valence-corrected chi connectivity index (χ4v) is 1.03.